The average Bonchev–Trinajstić information content (AvgIpc) is 3.04. The lowest BCUT2D eigenvalue weighted by atomic mass is 9.94. The lowest BCUT2D eigenvalue weighted by molar-refractivity contribution is -0.139. The lowest BCUT2D eigenvalue weighted by Gasteiger charge is -2.25. The number of likely N-dealkylation sites (tertiary alicyclic amines) is 1. The minimum Gasteiger partial charge on any atom is -0.507 e. The molecule has 1 amide bonds. The monoisotopic (exact) mass is 451 g/mol. The second-order valence-electron chi connectivity index (χ2n) is 8.62. The number of nitrogens with zero attached hydrogens (tertiary/aromatic N) is 1. The molecule has 1 aliphatic heterocycles. The summed E-state index contributed by atoms with van der Waals surface area (Å²) in [6.07, 6.45) is 2.78. The van der Waals surface area contributed by atoms with Crippen LogP contribution >= 0.6 is 0 Å². The van der Waals surface area contributed by atoms with Gasteiger partial charge in [-0.15, -0.1) is 0 Å². The second-order valence-corrected chi connectivity index (χ2v) is 8.62. The molecule has 1 fully saturated rings. The van der Waals surface area contributed by atoms with Gasteiger partial charge in [-0.05, 0) is 68.7 Å². The van der Waals surface area contributed by atoms with E-state index >= 15 is 0 Å². The molecule has 6 nitrogen and oxygen atoms in total. The zero-order valence-corrected chi connectivity index (χ0v) is 20.1. The van der Waals surface area contributed by atoms with Crippen molar-refractivity contribution in [3.63, 3.8) is 0 Å². The van der Waals surface area contributed by atoms with Gasteiger partial charge in [0.15, 0.2) is 0 Å². The predicted octanol–water partition coefficient (Wildman–Crippen LogP) is 5.40. The van der Waals surface area contributed by atoms with Gasteiger partial charge in [-0.25, -0.2) is 0 Å². The van der Waals surface area contributed by atoms with Crippen LogP contribution in [0.2, 0.25) is 0 Å². The largest absolute Gasteiger partial charge is 0.507 e. The minimum atomic E-state index is -0.662. The highest BCUT2D eigenvalue weighted by molar-refractivity contribution is 6.46. The van der Waals surface area contributed by atoms with Crippen LogP contribution in [-0.2, 0) is 9.59 Å². The molecule has 0 radical (unpaired) electrons. The van der Waals surface area contributed by atoms with Gasteiger partial charge >= 0.3 is 0 Å². The third kappa shape index (κ3) is 5.21. The summed E-state index contributed by atoms with van der Waals surface area (Å²) in [7, 11) is 1.58. The number of amides is 1. The fourth-order valence-electron chi connectivity index (χ4n) is 4.17. The molecule has 1 N–H and O–H groups in total. The van der Waals surface area contributed by atoms with Gasteiger partial charge < -0.3 is 19.5 Å². The van der Waals surface area contributed by atoms with Crippen molar-refractivity contribution in [3.05, 3.63) is 64.7 Å². The third-order valence-corrected chi connectivity index (χ3v) is 5.78. The lowest BCUT2D eigenvalue weighted by Crippen LogP contribution is -2.30. The van der Waals surface area contributed by atoms with E-state index in [0.717, 1.165) is 30.4 Å². The number of aliphatic hydroxyl groups is 1. The molecule has 2 aromatic rings. The SMILES string of the molecule is CCCCCN1C(=O)C(=O)/C(=C(\O)c2ccc(OC)c(C)c2)C1c1ccc(OC(C)C)cc1. The van der Waals surface area contributed by atoms with Crippen LogP contribution in [0.1, 0.15) is 62.8 Å². The van der Waals surface area contributed by atoms with Gasteiger partial charge in [0.2, 0.25) is 0 Å². The maximum atomic E-state index is 13.1. The quantitative estimate of drug-likeness (QED) is 0.239. The minimum absolute atomic E-state index is 0.0360. The average molecular weight is 452 g/mol. The van der Waals surface area contributed by atoms with E-state index < -0.39 is 17.7 Å². The molecule has 176 valence electrons. The van der Waals surface area contributed by atoms with Crippen molar-refractivity contribution in [2.24, 2.45) is 0 Å². The molecular weight excluding hydrogens is 418 g/mol. The molecule has 0 spiro atoms. The summed E-state index contributed by atoms with van der Waals surface area (Å²) in [5.41, 5.74) is 2.17. The van der Waals surface area contributed by atoms with Crippen LogP contribution in [-0.4, -0.2) is 41.5 Å². The van der Waals surface area contributed by atoms with E-state index in [1.165, 1.54) is 0 Å². The number of benzene rings is 2. The van der Waals surface area contributed by atoms with Crippen molar-refractivity contribution in [1.29, 1.82) is 0 Å². The summed E-state index contributed by atoms with van der Waals surface area (Å²) in [4.78, 5) is 27.7. The van der Waals surface area contributed by atoms with Crippen molar-refractivity contribution in [2.75, 3.05) is 13.7 Å². The molecule has 33 heavy (non-hydrogen) atoms. The van der Waals surface area contributed by atoms with Crippen molar-refractivity contribution in [3.8, 4) is 11.5 Å². The van der Waals surface area contributed by atoms with Gasteiger partial charge in [0, 0.05) is 12.1 Å². The van der Waals surface area contributed by atoms with Crippen LogP contribution in [0.25, 0.3) is 5.76 Å². The Morgan fingerprint density at radius 2 is 1.79 bits per heavy atom. The number of unbranched alkanes of at least 4 members (excludes halogenated alkanes) is 2. The molecular formula is C27H33NO5. The number of carbonyl (C=O) groups excluding carboxylic acids is 2. The highest BCUT2D eigenvalue weighted by atomic mass is 16.5. The number of aryl methyl sites for hydroxylation is 1. The second kappa shape index (κ2) is 10.6. The molecule has 3 rings (SSSR count). The molecule has 1 unspecified atom stereocenters. The molecule has 0 aromatic heterocycles. The van der Waals surface area contributed by atoms with Crippen molar-refractivity contribution >= 4 is 17.4 Å². The van der Waals surface area contributed by atoms with Gasteiger partial charge in [-0.2, -0.15) is 0 Å². The summed E-state index contributed by atoms with van der Waals surface area (Å²) in [5, 5.41) is 11.2. The summed E-state index contributed by atoms with van der Waals surface area (Å²) in [6.45, 7) is 8.31. The van der Waals surface area contributed by atoms with E-state index in [1.54, 1.807) is 30.2 Å². The number of hydrogen-bond acceptors (Lipinski definition) is 5. The Kier molecular flexibility index (Phi) is 7.79. The van der Waals surface area contributed by atoms with Crippen LogP contribution in [0.4, 0.5) is 0 Å². The Balaban J connectivity index is 2.09. The summed E-state index contributed by atoms with van der Waals surface area (Å²) >= 11 is 0. The first kappa shape index (κ1) is 24.4. The highest BCUT2D eigenvalue weighted by Gasteiger charge is 2.45. The molecule has 0 bridgehead atoms. The van der Waals surface area contributed by atoms with Crippen LogP contribution in [0.3, 0.4) is 0 Å². The molecule has 1 heterocycles. The predicted molar refractivity (Wildman–Crippen MR) is 128 cm³/mol. The van der Waals surface area contributed by atoms with Crippen LogP contribution in [0, 0.1) is 6.92 Å². The first-order chi connectivity index (χ1) is 15.8. The first-order valence-electron chi connectivity index (χ1n) is 11.5. The number of Topliss-reactive ketones (excluding diaryl/α,β-unsaturated/α-hetero) is 1. The van der Waals surface area contributed by atoms with E-state index in [2.05, 4.69) is 6.92 Å². The third-order valence-electron chi connectivity index (χ3n) is 5.78. The van der Waals surface area contributed by atoms with E-state index in [9.17, 15) is 14.7 Å². The van der Waals surface area contributed by atoms with Crippen LogP contribution in [0.15, 0.2) is 48.0 Å². The number of rotatable bonds is 9. The number of ether oxygens (including phenoxy) is 2. The Hall–Kier alpha value is -3.28. The maximum absolute atomic E-state index is 13.1. The van der Waals surface area contributed by atoms with Gasteiger partial charge in [-0.1, -0.05) is 31.9 Å². The molecule has 0 aliphatic carbocycles. The molecule has 0 saturated carbocycles. The molecule has 6 heteroatoms. The zero-order valence-electron chi connectivity index (χ0n) is 20.1. The Bertz CT molecular complexity index is 1040. The number of carbonyl (C=O) groups is 2. The fourth-order valence-corrected chi connectivity index (χ4v) is 4.17. The van der Waals surface area contributed by atoms with Crippen molar-refractivity contribution in [2.45, 2.75) is 59.1 Å². The number of ketones is 1. The van der Waals surface area contributed by atoms with Gasteiger partial charge in [0.25, 0.3) is 11.7 Å². The van der Waals surface area contributed by atoms with Gasteiger partial charge in [0.05, 0.1) is 24.8 Å². The van der Waals surface area contributed by atoms with Gasteiger partial charge in [-0.3, -0.25) is 9.59 Å². The highest BCUT2D eigenvalue weighted by Crippen LogP contribution is 2.40. The Labute approximate surface area is 195 Å². The zero-order chi connectivity index (χ0) is 24.1. The van der Waals surface area contributed by atoms with E-state index in [4.69, 9.17) is 9.47 Å². The number of hydrogen-bond donors (Lipinski definition) is 1. The summed E-state index contributed by atoms with van der Waals surface area (Å²) in [6, 6.07) is 11.9. The van der Waals surface area contributed by atoms with E-state index in [-0.39, 0.29) is 17.4 Å². The van der Waals surface area contributed by atoms with Crippen molar-refractivity contribution < 1.29 is 24.2 Å². The molecule has 1 atom stereocenters. The Morgan fingerprint density at radius 1 is 1.09 bits per heavy atom. The van der Waals surface area contributed by atoms with Crippen molar-refractivity contribution in [1.82, 2.24) is 4.90 Å². The topological polar surface area (TPSA) is 76.1 Å². The number of aliphatic hydroxyl groups excluding tert-OH is 1. The smallest absolute Gasteiger partial charge is 0.295 e. The maximum Gasteiger partial charge on any atom is 0.295 e. The van der Waals surface area contributed by atoms with E-state index in [0.29, 0.717) is 23.6 Å². The van der Waals surface area contributed by atoms with Crippen LogP contribution < -0.4 is 9.47 Å². The normalized spacial score (nSPS) is 17.6. The first-order valence-corrected chi connectivity index (χ1v) is 11.5. The summed E-state index contributed by atoms with van der Waals surface area (Å²) in [5.74, 6) is -0.0220. The van der Waals surface area contributed by atoms with Gasteiger partial charge in [0.1, 0.15) is 17.3 Å². The molecule has 1 aliphatic rings. The Morgan fingerprint density at radius 3 is 2.36 bits per heavy atom. The van der Waals surface area contributed by atoms with E-state index in [1.807, 2.05) is 45.0 Å². The standard InChI is InChI=1S/C27H33NO5/c1-6-7-8-15-28-24(19-9-12-21(13-10-19)33-17(2)3)23(26(30)27(28)31)25(29)20-11-14-22(32-5)18(4)16-20/h9-14,16-17,24,29H,6-8,15H2,1-5H3/b25-23-. The fraction of sp³-hybridized carbons (Fsp3) is 0.407. The number of methoxy groups -OCH3 is 1. The summed E-state index contributed by atoms with van der Waals surface area (Å²) < 4.78 is 11.0. The molecule has 1 saturated heterocycles. The van der Waals surface area contributed by atoms with Crippen LogP contribution in [0.5, 0.6) is 11.5 Å². The molecule has 2 aromatic carbocycles.